The summed E-state index contributed by atoms with van der Waals surface area (Å²) in [5.74, 6) is -0.613. The van der Waals surface area contributed by atoms with Crippen LogP contribution in [-0.2, 0) is 0 Å². The first-order valence-electron chi connectivity index (χ1n) is 7.84. The highest BCUT2D eigenvalue weighted by atomic mass is 79.9. The molecule has 0 unspecified atom stereocenters. The van der Waals surface area contributed by atoms with Gasteiger partial charge < -0.3 is 10.6 Å². The summed E-state index contributed by atoms with van der Waals surface area (Å²) in [6.07, 6.45) is 1.91. The van der Waals surface area contributed by atoms with Crippen molar-refractivity contribution in [1.82, 2.24) is 10.3 Å². The number of anilines is 1. The molecule has 2 aromatic rings. The Bertz CT molecular complexity index is 747. The number of nitrogens with one attached hydrogen (secondary N) is 2. The highest BCUT2D eigenvalue weighted by Crippen LogP contribution is 2.20. The minimum Gasteiger partial charge on any atom is -0.351 e. The molecule has 0 aliphatic rings. The third-order valence-corrected chi connectivity index (χ3v) is 4.34. The molecule has 1 heterocycles. The van der Waals surface area contributed by atoms with Gasteiger partial charge in [0.25, 0.3) is 11.8 Å². The summed E-state index contributed by atoms with van der Waals surface area (Å²) in [4.78, 5) is 28.5. The van der Waals surface area contributed by atoms with Gasteiger partial charge >= 0.3 is 0 Å². The maximum absolute atomic E-state index is 12.3. The number of amides is 2. The van der Waals surface area contributed by atoms with E-state index >= 15 is 0 Å². The molecule has 0 saturated carbocycles. The van der Waals surface area contributed by atoms with Gasteiger partial charge in [-0.25, -0.2) is 4.98 Å². The third-order valence-electron chi connectivity index (χ3n) is 3.45. The zero-order valence-electron chi connectivity index (χ0n) is 13.7. The van der Waals surface area contributed by atoms with Crippen molar-refractivity contribution in [2.24, 2.45) is 0 Å². The molecule has 0 atom stereocenters. The minimum atomic E-state index is -0.347. The van der Waals surface area contributed by atoms with E-state index in [4.69, 9.17) is 0 Å². The molecular weight excluding hydrogens is 370 g/mol. The molecular formula is C18H20BrN3O2. The van der Waals surface area contributed by atoms with Crippen molar-refractivity contribution in [3.63, 3.8) is 0 Å². The van der Waals surface area contributed by atoms with Gasteiger partial charge in [0.1, 0.15) is 11.4 Å². The SMILES string of the molecule is CCCCNC(=O)c1cccc(C(=O)Nc2ccc(Br)c(C)c2)n1. The summed E-state index contributed by atoms with van der Waals surface area (Å²) in [6.45, 7) is 4.60. The topological polar surface area (TPSA) is 71.1 Å². The molecule has 0 radical (unpaired) electrons. The Morgan fingerprint density at radius 1 is 1.12 bits per heavy atom. The molecule has 1 aromatic heterocycles. The number of carbonyl (C=O) groups is 2. The first-order valence-corrected chi connectivity index (χ1v) is 8.63. The number of aryl methyl sites for hydroxylation is 1. The van der Waals surface area contributed by atoms with Gasteiger partial charge in [-0.15, -0.1) is 0 Å². The number of carbonyl (C=O) groups excluding carboxylic acids is 2. The molecule has 126 valence electrons. The fourth-order valence-electron chi connectivity index (χ4n) is 2.07. The van der Waals surface area contributed by atoms with Crippen LogP contribution in [-0.4, -0.2) is 23.3 Å². The molecule has 0 saturated heterocycles. The Kier molecular flexibility index (Phi) is 6.49. The fourth-order valence-corrected chi connectivity index (χ4v) is 2.32. The Morgan fingerprint density at radius 3 is 2.50 bits per heavy atom. The minimum absolute atomic E-state index is 0.207. The molecule has 2 amide bonds. The van der Waals surface area contributed by atoms with E-state index in [0.717, 1.165) is 22.9 Å². The number of hydrogen-bond donors (Lipinski definition) is 2. The summed E-state index contributed by atoms with van der Waals surface area (Å²) >= 11 is 3.42. The van der Waals surface area contributed by atoms with Crippen LogP contribution in [0.15, 0.2) is 40.9 Å². The molecule has 0 spiro atoms. The Labute approximate surface area is 150 Å². The van der Waals surface area contributed by atoms with Crippen LogP contribution in [0.1, 0.15) is 46.3 Å². The second kappa shape index (κ2) is 8.59. The number of pyridine rings is 1. The maximum Gasteiger partial charge on any atom is 0.274 e. The molecule has 0 bridgehead atoms. The normalized spacial score (nSPS) is 10.3. The average Bonchev–Trinajstić information content (AvgIpc) is 2.58. The predicted molar refractivity (Wildman–Crippen MR) is 98.3 cm³/mol. The molecule has 1 aromatic carbocycles. The molecule has 0 fully saturated rings. The molecule has 6 heteroatoms. The maximum atomic E-state index is 12.3. The van der Waals surface area contributed by atoms with Crippen LogP contribution >= 0.6 is 15.9 Å². The smallest absolute Gasteiger partial charge is 0.274 e. The molecule has 0 aliphatic carbocycles. The second-order valence-corrected chi connectivity index (χ2v) is 6.29. The summed E-state index contributed by atoms with van der Waals surface area (Å²) in [5.41, 5.74) is 2.15. The van der Waals surface area contributed by atoms with Crippen molar-refractivity contribution in [3.05, 3.63) is 57.8 Å². The Hall–Kier alpha value is -2.21. The van der Waals surface area contributed by atoms with Crippen LogP contribution in [0.25, 0.3) is 0 Å². The van der Waals surface area contributed by atoms with Gasteiger partial charge in [-0.2, -0.15) is 0 Å². The van der Waals surface area contributed by atoms with Crippen LogP contribution in [0.2, 0.25) is 0 Å². The number of hydrogen-bond acceptors (Lipinski definition) is 3. The predicted octanol–water partition coefficient (Wildman–Crippen LogP) is 3.93. The summed E-state index contributed by atoms with van der Waals surface area (Å²) < 4.78 is 0.976. The number of rotatable bonds is 6. The van der Waals surface area contributed by atoms with E-state index in [-0.39, 0.29) is 23.2 Å². The highest BCUT2D eigenvalue weighted by molar-refractivity contribution is 9.10. The van der Waals surface area contributed by atoms with Crippen LogP contribution in [0.3, 0.4) is 0 Å². The zero-order valence-corrected chi connectivity index (χ0v) is 15.3. The number of aromatic nitrogens is 1. The van der Waals surface area contributed by atoms with Crippen molar-refractivity contribution in [3.8, 4) is 0 Å². The van der Waals surface area contributed by atoms with Crippen molar-refractivity contribution in [2.75, 3.05) is 11.9 Å². The number of halogens is 1. The number of nitrogens with zero attached hydrogens (tertiary/aromatic N) is 1. The lowest BCUT2D eigenvalue weighted by Crippen LogP contribution is -2.26. The van der Waals surface area contributed by atoms with E-state index < -0.39 is 0 Å². The number of benzene rings is 1. The zero-order chi connectivity index (χ0) is 17.5. The molecule has 2 N–H and O–H groups in total. The monoisotopic (exact) mass is 389 g/mol. The van der Waals surface area contributed by atoms with E-state index in [1.165, 1.54) is 0 Å². The summed E-state index contributed by atoms with van der Waals surface area (Å²) in [7, 11) is 0. The van der Waals surface area contributed by atoms with E-state index in [2.05, 4.69) is 38.5 Å². The number of unbranched alkanes of at least 4 members (excludes halogenated alkanes) is 1. The molecule has 2 rings (SSSR count). The summed E-state index contributed by atoms with van der Waals surface area (Å²) in [5, 5.41) is 5.58. The van der Waals surface area contributed by atoms with Gasteiger partial charge in [0, 0.05) is 16.7 Å². The first kappa shape index (κ1) is 18.1. The van der Waals surface area contributed by atoms with Crippen LogP contribution < -0.4 is 10.6 Å². The second-order valence-electron chi connectivity index (χ2n) is 5.44. The van der Waals surface area contributed by atoms with Crippen molar-refractivity contribution >= 4 is 33.4 Å². The van der Waals surface area contributed by atoms with Gasteiger partial charge in [-0.3, -0.25) is 9.59 Å². The summed E-state index contributed by atoms with van der Waals surface area (Å²) in [6, 6.07) is 10.4. The molecule has 0 aliphatic heterocycles. The molecule has 5 nitrogen and oxygen atoms in total. The lowest BCUT2D eigenvalue weighted by Gasteiger charge is -2.08. The van der Waals surface area contributed by atoms with Crippen LogP contribution in [0, 0.1) is 6.92 Å². The van der Waals surface area contributed by atoms with Crippen LogP contribution in [0.4, 0.5) is 5.69 Å². The van der Waals surface area contributed by atoms with Crippen molar-refractivity contribution in [2.45, 2.75) is 26.7 Å². The third kappa shape index (κ3) is 4.89. The quantitative estimate of drug-likeness (QED) is 0.735. The van der Waals surface area contributed by atoms with Gasteiger partial charge in [0.2, 0.25) is 0 Å². The van der Waals surface area contributed by atoms with Gasteiger partial charge in [0.15, 0.2) is 0 Å². The lowest BCUT2D eigenvalue weighted by molar-refractivity contribution is 0.0948. The van der Waals surface area contributed by atoms with E-state index in [1.807, 2.05) is 19.1 Å². The van der Waals surface area contributed by atoms with Crippen molar-refractivity contribution in [1.29, 1.82) is 0 Å². The Morgan fingerprint density at radius 2 is 1.83 bits per heavy atom. The standard InChI is InChI=1S/C18H20BrN3O2/c1-3-4-10-20-17(23)15-6-5-7-16(22-15)18(24)21-13-8-9-14(19)12(2)11-13/h5-9,11H,3-4,10H2,1-2H3,(H,20,23)(H,21,24). The van der Waals surface area contributed by atoms with E-state index in [9.17, 15) is 9.59 Å². The van der Waals surface area contributed by atoms with Gasteiger partial charge in [-0.05, 0) is 49.2 Å². The lowest BCUT2D eigenvalue weighted by atomic mass is 10.2. The molecule has 24 heavy (non-hydrogen) atoms. The van der Waals surface area contributed by atoms with Gasteiger partial charge in [0.05, 0.1) is 0 Å². The average molecular weight is 390 g/mol. The Balaban J connectivity index is 2.08. The van der Waals surface area contributed by atoms with E-state index in [1.54, 1.807) is 24.3 Å². The fraction of sp³-hybridized carbons (Fsp3) is 0.278. The van der Waals surface area contributed by atoms with Gasteiger partial charge in [-0.1, -0.05) is 35.3 Å². The largest absolute Gasteiger partial charge is 0.351 e. The van der Waals surface area contributed by atoms with Crippen molar-refractivity contribution < 1.29 is 9.59 Å². The highest BCUT2D eigenvalue weighted by Gasteiger charge is 2.12. The first-order chi connectivity index (χ1) is 11.5. The van der Waals surface area contributed by atoms with E-state index in [0.29, 0.717) is 12.2 Å². The van der Waals surface area contributed by atoms with Crippen LogP contribution in [0.5, 0.6) is 0 Å².